The van der Waals surface area contributed by atoms with Crippen molar-refractivity contribution >= 4 is 17.6 Å². The van der Waals surface area contributed by atoms with E-state index in [1.807, 2.05) is 12.1 Å². The molecule has 0 aromatic heterocycles. The summed E-state index contributed by atoms with van der Waals surface area (Å²) < 4.78 is 10.3. The third-order valence-electron chi connectivity index (χ3n) is 4.31. The Morgan fingerprint density at radius 2 is 1.52 bits per heavy atom. The standard InChI is InChI=1S/C20H21N3O4/c1-12-17(19(24)22-14-6-10-16(27-3)11-7-14)18(23-20(25)21-12)13-4-8-15(26-2)9-5-13/h4-11,18H,1-3H3,(H,22,24)(H2,21,23,25)/t18-/m0/s1. The molecule has 1 atom stereocenters. The number of allylic oxidation sites excluding steroid dienone is 1. The van der Waals surface area contributed by atoms with Crippen molar-refractivity contribution in [2.24, 2.45) is 0 Å². The highest BCUT2D eigenvalue weighted by Crippen LogP contribution is 2.29. The average Bonchev–Trinajstić information content (AvgIpc) is 2.68. The molecular formula is C20H21N3O4. The fourth-order valence-corrected chi connectivity index (χ4v) is 2.91. The molecule has 140 valence electrons. The van der Waals surface area contributed by atoms with Crippen LogP contribution in [0.4, 0.5) is 10.5 Å². The Hall–Kier alpha value is -3.48. The van der Waals surface area contributed by atoms with Crippen LogP contribution in [0.5, 0.6) is 11.5 Å². The molecule has 1 aliphatic rings. The number of benzene rings is 2. The molecule has 7 nitrogen and oxygen atoms in total. The summed E-state index contributed by atoms with van der Waals surface area (Å²) in [5.41, 5.74) is 2.36. The minimum Gasteiger partial charge on any atom is -0.497 e. The van der Waals surface area contributed by atoms with E-state index in [0.717, 1.165) is 5.56 Å². The Balaban J connectivity index is 1.88. The number of nitrogens with one attached hydrogen (secondary N) is 3. The highest BCUT2D eigenvalue weighted by Gasteiger charge is 2.31. The maximum absolute atomic E-state index is 12.9. The second-order valence-corrected chi connectivity index (χ2v) is 6.03. The topological polar surface area (TPSA) is 88.7 Å². The van der Waals surface area contributed by atoms with Crippen LogP contribution in [-0.4, -0.2) is 26.2 Å². The molecule has 7 heteroatoms. The molecule has 2 aromatic rings. The van der Waals surface area contributed by atoms with Crippen molar-refractivity contribution in [2.75, 3.05) is 19.5 Å². The number of ether oxygens (including phenoxy) is 2. The summed E-state index contributed by atoms with van der Waals surface area (Å²) in [6.07, 6.45) is 0. The van der Waals surface area contributed by atoms with Gasteiger partial charge in [-0.05, 0) is 48.9 Å². The molecule has 0 saturated carbocycles. The predicted octanol–water partition coefficient (Wildman–Crippen LogP) is 2.97. The van der Waals surface area contributed by atoms with Gasteiger partial charge in [-0.2, -0.15) is 0 Å². The van der Waals surface area contributed by atoms with Crippen molar-refractivity contribution in [2.45, 2.75) is 13.0 Å². The third kappa shape index (κ3) is 4.03. The van der Waals surface area contributed by atoms with E-state index >= 15 is 0 Å². The van der Waals surface area contributed by atoms with Crippen molar-refractivity contribution in [3.8, 4) is 11.5 Å². The van der Waals surface area contributed by atoms with Crippen molar-refractivity contribution in [1.82, 2.24) is 10.6 Å². The number of carbonyl (C=O) groups is 2. The van der Waals surface area contributed by atoms with Crippen LogP contribution in [0.2, 0.25) is 0 Å². The minimum atomic E-state index is -0.567. The number of carbonyl (C=O) groups excluding carboxylic acids is 2. The summed E-state index contributed by atoms with van der Waals surface area (Å²) in [5.74, 6) is 1.10. The second-order valence-electron chi connectivity index (χ2n) is 6.03. The molecule has 3 N–H and O–H groups in total. The quantitative estimate of drug-likeness (QED) is 0.758. The first-order chi connectivity index (χ1) is 13.0. The molecule has 0 saturated heterocycles. The second kappa shape index (κ2) is 7.82. The Labute approximate surface area is 157 Å². The first kappa shape index (κ1) is 18.3. The summed E-state index contributed by atoms with van der Waals surface area (Å²) in [6.45, 7) is 1.71. The fourth-order valence-electron chi connectivity index (χ4n) is 2.91. The van der Waals surface area contributed by atoms with Crippen LogP contribution in [0.3, 0.4) is 0 Å². The third-order valence-corrected chi connectivity index (χ3v) is 4.31. The maximum atomic E-state index is 12.9. The van der Waals surface area contributed by atoms with Gasteiger partial charge in [0.2, 0.25) is 0 Å². The van der Waals surface area contributed by atoms with Crippen LogP contribution >= 0.6 is 0 Å². The molecular weight excluding hydrogens is 346 g/mol. The molecule has 2 aromatic carbocycles. The molecule has 0 bridgehead atoms. The number of hydrogen-bond acceptors (Lipinski definition) is 4. The average molecular weight is 367 g/mol. The number of rotatable bonds is 5. The van der Waals surface area contributed by atoms with Crippen LogP contribution in [0.25, 0.3) is 0 Å². The molecule has 0 spiro atoms. The molecule has 27 heavy (non-hydrogen) atoms. The number of amides is 3. The SMILES string of the molecule is COc1ccc(NC(=O)C2=C(C)NC(=O)N[C@H]2c2ccc(OC)cc2)cc1. The molecule has 0 fully saturated rings. The van der Waals surface area contributed by atoms with E-state index in [0.29, 0.717) is 28.5 Å². The summed E-state index contributed by atoms with van der Waals surface area (Å²) in [7, 11) is 3.16. The zero-order valence-electron chi connectivity index (χ0n) is 15.3. The van der Waals surface area contributed by atoms with Gasteiger partial charge in [0.15, 0.2) is 0 Å². The van der Waals surface area contributed by atoms with Gasteiger partial charge in [-0.25, -0.2) is 4.79 Å². The maximum Gasteiger partial charge on any atom is 0.319 e. The van der Waals surface area contributed by atoms with Gasteiger partial charge in [-0.15, -0.1) is 0 Å². The largest absolute Gasteiger partial charge is 0.497 e. The Morgan fingerprint density at radius 3 is 2.07 bits per heavy atom. The smallest absolute Gasteiger partial charge is 0.319 e. The summed E-state index contributed by atoms with van der Waals surface area (Å²) in [4.78, 5) is 24.9. The van der Waals surface area contributed by atoms with E-state index in [2.05, 4.69) is 16.0 Å². The van der Waals surface area contributed by atoms with Crippen molar-refractivity contribution in [1.29, 1.82) is 0 Å². The molecule has 3 rings (SSSR count). The Morgan fingerprint density at radius 1 is 0.963 bits per heavy atom. The van der Waals surface area contributed by atoms with E-state index in [9.17, 15) is 9.59 Å². The number of urea groups is 1. The van der Waals surface area contributed by atoms with Gasteiger partial charge in [0, 0.05) is 11.4 Å². The van der Waals surface area contributed by atoms with Gasteiger partial charge < -0.3 is 25.4 Å². The molecule has 0 unspecified atom stereocenters. The van der Waals surface area contributed by atoms with Crippen LogP contribution in [0, 0.1) is 0 Å². The van der Waals surface area contributed by atoms with Gasteiger partial charge in [-0.3, -0.25) is 4.79 Å². The predicted molar refractivity (Wildman–Crippen MR) is 102 cm³/mol. The zero-order chi connectivity index (χ0) is 19.4. The number of anilines is 1. The minimum absolute atomic E-state index is 0.300. The number of methoxy groups -OCH3 is 2. The number of hydrogen-bond donors (Lipinski definition) is 3. The Bertz CT molecular complexity index is 873. The lowest BCUT2D eigenvalue weighted by atomic mass is 9.94. The van der Waals surface area contributed by atoms with E-state index < -0.39 is 6.04 Å². The lowest BCUT2D eigenvalue weighted by Crippen LogP contribution is -2.45. The van der Waals surface area contributed by atoms with Gasteiger partial charge in [0.25, 0.3) is 5.91 Å². The van der Waals surface area contributed by atoms with E-state index in [-0.39, 0.29) is 11.9 Å². The zero-order valence-corrected chi connectivity index (χ0v) is 15.3. The summed E-state index contributed by atoms with van der Waals surface area (Å²) in [5, 5.41) is 8.33. The molecule has 0 radical (unpaired) electrons. The summed E-state index contributed by atoms with van der Waals surface area (Å²) >= 11 is 0. The molecule has 1 aliphatic heterocycles. The van der Waals surface area contributed by atoms with E-state index in [1.54, 1.807) is 57.5 Å². The normalized spacial score (nSPS) is 16.3. The van der Waals surface area contributed by atoms with Crippen LogP contribution in [0.1, 0.15) is 18.5 Å². The van der Waals surface area contributed by atoms with Gasteiger partial charge in [0.1, 0.15) is 11.5 Å². The van der Waals surface area contributed by atoms with E-state index in [4.69, 9.17) is 9.47 Å². The van der Waals surface area contributed by atoms with E-state index in [1.165, 1.54) is 0 Å². The molecule has 1 heterocycles. The van der Waals surface area contributed by atoms with Crippen LogP contribution in [-0.2, 0) is 4.79 Å². The monoisotopic (exact) mass is 367 g/mol. The van der Waals surface area contributed by atoms with Gasteiger partial charge in [0.05, 0.1) is 25.8 Å². The van der Waals surface area contributed by atoms with Crippen molar-refractivity contribution < 1.29 is 19.1 Å². The summed E-state index contributed by atoms with van der Waals surface area (Å²) in [6, 6.07) is 13.3. The van der Waals surface area contributed by atoms with Crippen molar-refractivity contribution in [3.63, 3.8) is 0 Å². The van der Waals surface area contributed by atoms with Crippen molar-refractivity contribution in [3.05, 3.63) is 65.4 Å². The highest BCUT2D eigenvalue weighted by molar-refractivity contribution is 6.06. The highest BCUT2D eigenvalue weighted by atomic mass is 16.5. The first-order valence-electron chi connectivity index (χ1n) is 8.39. The first-order valence-corrected chi connectivity index (χ1v) is 8.39. The van der Waals surface area contributed by atoms with Gasteiger partial charge >= 0.3 is 6.03 Å². The van der Waals surface area contributed by atoms with Crippen LogP contribution in [0.15, 0.2) is 59.8 Å². The molecule has 3 amide bonds. The lowest BCUT2D eigenvalue weighted by molar-refractivity contribution is -0.113. The fraction of sp³-hybridized carbons (Fsp3) is 0.200. The molecule has 0 aliphatic carbocycles. The van der Waals surface area contributed by atoms with Gasteiger partial charge in [-0.1, -0.05) is 12.1 Å². The Kier molecular flexibility index (Phi) is 5.30. The van der Waals surface area contributed by atoms with Crippen LogP contribution < -0.4 is 25.4 Å². The lowest BCUT2D eigenvalue weighted by Gasteiger charge is -2.28.